The Morgan fingerprint density at radius 3 is 2.86 bits per heavy atom. The highest BCUT2D eigenvalue weighted by molar-refractivity contribution is 6.07. The zero-order valence-corrected chi connectivity index (χ0v) is 21.6. The lowest BCUT2D eigenvalue weighted by Gasteiger charge is -2.40. The number of aryl methyl sites for hydroxylation is 1. The number of piperazine rings is 1. The number of benzene rings is 1. The number of aromatic amines is 1. The number of rotatable bonds is 8. The van der Waals surface area contributed by atoms with Crippen LogP contribution in [0.1, 0.15) is 55.1 Å². The van der Waals surface area contributed by atoms with Gasteiger partial charge >= 0.3 is 0 Å². The predicted octanol–water partition coefficient (Wildman–Crippen LogP) is 3.11. The molecule has 0 unspecified atom stereocenters. The summed E-state index contributed by atoms with van der Waals surface area (Å²) < 4.78 is 12.9. The van der Waals surface area contributed by atoms with Gasteiger partial charge < -0.3 is 19.4 Å². The Morgan fingerprint density at radius 1 is 1.25 bits per heavy atom. The van der Waals surface area contributed by atoms with E-state index in [1.165, 1.54) is 0 Å². The molecule has 5 rings (SSSR count). The first kappa shape index (κ1) is 24.9. The van der Waals surface area contributed by atoms with Crippen LogP contribution in [0.25, 0.3) is 21.8 Å². The van der Waals surface area contributed by atoms with Crippen molar-refractivity contribution in [2.75, 3.05) is 52.6 Å². The highest BCUT2D eigenvalue weighted by atomic mass is 16.5. The van der Waals surface area contributed by atoms with Gasteiger partial charge in [-0.3, -0.25) is 19.2 Å². The van der Waals surface area contributed by atoms with Crippen molar-refractivity contribution in [2.24, 2.45) is 0 Å². The van der Waals surface area contributed by atoms with Crippen molar-refractivity contribution in [3.05, 3.63) is 39.8 Å². The average molecular weight is 496 g/mol. The molecule has 0 radical (unpaired) electrons. The first-order valence-corrected chi connectivity index (χ1v) is 13.2. The highest BCUT2D eigenvalue weighted by Gasteiger charge is 2.29. The predicted molar refractivity (Wildman–Crippen MR) is 140 cm³/mol. The smallest absolute Gasteiger partial charge is 0.259 e. The quantitative estimate of drug-likeness (QED) is 0.483. The molecule has 2 aliphatic heterocycles. The maximum Gasteiger partial charge on any atom is 0.259 e. The largest absolute Gasteiger partial charge is 0.382 e. The molecule has 194 valence electrons. The molecule has 2 atom stereocenters. The van der Waals surface area contributed by atoms with Crippen LogP contribution in [0.4, 0.5) is 0 Å². The third-order valence-corrected chi connectivity index (χ3v) is 7.63. The molecule has 1 N–H and O–H groups in total. The second-order valence-corrected chi connectivity index (χ2v) is 10.1. The van der Waals surface area contributed by atoms with Crippen molar-refractivity contribution < 1.29 is 14.3 Å². The van der Waals surface area contributed by atoms with Crippen LogP contribution in [0.2, 0.25) is 0 Å². The van der Waals surface area contributed by atoms with Crippen molar-refractivity contribution in [3.63, 3.8) is 0 Å². The summed E-state index contributed by atoms with van der Waals surface area (Å²) in [7, 11) is 0. The van der Waals surface area contributed by atoms with Crippen LogP contribution < -0.4 is 5.56 Å². The Balaban J connectivity index is 1.39. The maximum absolute atomic E-state index is 13.7. The van der Waals surface area contributed by atoms with Crippen LogP contribution in [0.15, 0.2) is 23.1 Å². The summed E-state index contributed by atoms with van der Waals surface area (Å²) in [5.74, 6) is 0.0480. The monoisotopic (exact) mass is 495 g/mol. The Hall–Kier alpha value is -2.75. The molecule has 2 aliphatic rings. The zero-order chi connectivity index (χ0) is 25.2. The minimum absolute atomic E-state index is 0.0480. The number of H-pyrrole nitrogens is 1. The fourth-order valence-electron chi connectivity index (χ4n) is 5.56. The normalized spacial score (nSPS) is 21.1. The Kier molecular flexibility index (Phi) is 7.41. The van der Waals surface area contributed by atoms with Crippen molar-refractivity contribution in [1.29, 1.82) is 0 Å². The number of carbonyl (C=O) groups excluding carboxylic acids is 1. The van der Waals surface area contributed by atoms with E-state index in [1.54, 1.807) is 6.20 Å². The highest BCUT2D eigenvalue weighted by Crippen LogP contribution is 2.29. The van der Waals surface area contributed by atoms with Gasteiger partial charge in [-0.05, 0) is 64.3 Å². The third kappa shape index (κ3) is 4.79. The third-order valence-electron chi connectivity index (χ3n) is 7.63. The molecule has 0 aliphatic carbocycles. The zero-order valence-electron chi connectivity index (χ0n) is 21.6. The topological polar surface area (TPSA) is 92.7 Å². The number of carbonyl (C=O) groups is 1. The minimum atomic E-state index is -0.160. The first-order chi connectivity index (χ1) is 17.5. The molecule has 0 bridgehead atoms. The van der Waals surface area contributed by atoms with E-state index in [1.807, 2.05) is 35.6 Å². The van der Waals surface area contributed by atoms with Gasteiger partial charge in [0.15, 0.2) is 0 Å². The molecule has 1 aromatic carbocycles. The molecule has 2 aromatic heterocycles. The fraction of sp³-hybridized carbons (Fsp3) is 0.593. The number of ether oxygens (including phenoxy) is 2. The Morgan fingerprint density at radius 2 is 2.11 bits per heavy atom. The number of nitrogens with one attached hydrogen (secondary N) is 1. The SMILES string of the molecule is CCOCCCCN1CCN(C(=O)c2cc3c(cc2C)[nH]c(=O)c2cnn([C@H]4CCOC4)c23)C[C@@H]1C. The molecule has 1 amide bonds. The lowest BCUT2D eigenvalue weighted by atomic mass is 10.0. The van der Waals surface area contributed by atoms with E-state index in [0.717, 1.165) is 67.5 Å². The molecular weight excluding hydrogens is 458 g/mol. The van der Waals surface area contributed by atoms with Crippen LogP contribution in [0, 0.1) is 6.92 Å². The lowest BCUT2D eigenvalue weighted by molar-refractivity contribution is 0.0502. The summed E-state index contributed by atoms with van der Waals surface area (Å²) in [5.41, 5.74) is 2.90. The van der Waals surface area contributed by atoms with Gasteiger partial charge in [-0.1, -0.05) is 0 Å². The summed E-state index contributed by atoms with van der Waals surface area (Å²) in [6.45, 7) is 12.3. The Labute approximate surface area is 211 Å². The van der Waals surface area contributed by atoms with Crippen LogP contribution in [0.5, 0.6) is 0 Å². The number of nitrogens with zero attached hydrogens (tertiary/aromatic N) is 4. The van der Waals surface area contributed by atoms with Crippen LogP contribution in [0.3, 0.4) is 0 Å². The van der Waals surface area contributed by atoms with E-state index >= 15 is 0 Å². The number of pyridine rings is 1. The van der Waals surface area contributed by atoms with E-state index in [4.69, 9.17) is 9.47 Å². The molecule has 36 heavy (non-hydrogen) atoms. The summed E-state index contributed by atoms with van der Waals surface area (Å²) >= 11 is 0. The number of fused-ring (bicyclic) bond motifs is 3. The van der Waals surface area contributed by atoms with Crippen LogP contribution >= 0.6 is 0 Å². The van der Waals surface area contributed by atoms with E-state index in [2.05, 4.69) is 21.9 Å². The molecule has 4 heterocycles. The van der Waals surface area contributed by atoms with Gasteiger partial charge in [0.2, 0.25) is 0 Å². The van der Waals surface area contributed by atoms with Crippen molar-refractivity contribution in [1.82, 2.24) is 24.6 Å². The summed E-state index contributed by atoms with van der Waals surface area (Å²) in [5, 5.41) is 5.94. The van der Waals surface area contributed by atoms with Crippen molar-refractivity contribution in [3.8, 4) is 0 Å². The molecular formula is C27H37N5O4. The molecule has 3 aromatic rings. The van der Waals surface area contributed by atoms with Gasteiger partial charge in [0.05, 0.1) is 35.3 Å². The second-order valence-electron chi connectivity index (χ2n) is 10.1. The molecule has 2 fully saturated rings. The number of amides is 1. The molecule has 0 spiro atoms. The van der Waals surface area contributed by atoms with Gasteiger partial charge in [0.25, 0.3) is 11.5 Å². The van der Waals surface area contributed by atoms with Crippen LogP contribution in [-0.4, -0.2) is 89.1 Å². The first-order valence-electron chi connectivity index (χ1n) is 13.2. The number of hydrogen-bond donors (Lipinski definition) is 1. The van der Waals surface area contributed by atoms with E-state index in [0.29, 0.717) is 43.3 Å². The maximum atomic E-state index is 13.7. The fourth-order valence-corrected chi connectivity index (χ4v) is 5.56. The van der Waals surface area contributed by atoms with Gasteiger partial charge in [-0.15, -0.1) is 0 Å². The minimum Gasteiger partial charge on any atom is -0.382 e. The second kappa shape index (κ2) is 10.7. The van der Waals surface area contributed by atoms with Crippen molar-refractivity contribution in [2.45, 2.75) is 52.1 Å². The number of hydrogen-bond acceptors (Lipinski definition) is 6. The van der Waals surface area contributed by atoms with E-state index in [9.17, 15) is 9.59 Å². The van der Waals surface area contributed by atoms with Gasteiger partial charge in [0.1, 0.15) is 0 Å². The van der Waals surface area contributed by atoms with Crippen molar-refractivity contribution >= 4 is 27.7 Å². The Bertz CT molecular complexity index is 1290. The van der Waals surface area contributed by atoms with E-state index < -0.39 is 0 Å². The van der Waals surface area contributed by atoms with Gasteiger partial charge in [-0.25, -0.2) is 0 Å². The molecule has 9 nitrogen and oxygen atoms in total. The van der Waals surface area contributed by atoms with Gasteiger partial charge in [-0.2, -0.15) is 5.10 Å². The summed E-state index contributed by atoms with van der Waals surface area (Å²) in [6, 6.07) is 4.27. The average Bonchev–Trinajstić information content (AvgIpc) is 3.55. The summed E-state index contributed by atoms with van der Waals surface area (Å²) in [4.78, 5) is 33.9. The number of aromatic nitrogens is 3. The molecule has 2 saturated heterocycles. The molecule has 9 heteroatoms. The standard InChI is InChI=1S/C27H37N5O4/c1-4-35-11-6-5-8-30-9-10-31(16-19(30)3)27(34)21-14-22-24(13-18(21)2)29-26(33)23-15-28-32(25(22)23)20-7-12-36-17-20/h13-15,19-20H,4-12,16-17H2,1-3H3,(H,29,33)/t19-,20-/m0/s1. The number of unbranched alkanes of at least 4 members (excludes halogenated alkanes) is 1. The summed E-state index contributed by atoms with van der Waals surface area (Å²) in [6.07, 6.45) is 4.66. The molecule has 0 saturated carbocycles. The van der Waals surface area contributed by atoms with E-state index in [-0.39, 0.29) is 17.5 Å². The lowest BCUT2D eigenvalue weighted by Crippen LogP contribution is -2.53. The van der Waals surface area contributed by atoms with Gasteiger partial charge in [0, 0.05) is 56.4 Å². The van der Waals surface area contributed by atoms with Crippen LogP contribution in [-0.2, 0) is 9.47 Å².